The van der Waals surface area contributed by atoms with Crippen molar-refractivity contribution in [2.24, 2.45) is 0 Å². The molecule has 1 atom stereocenters. The zero-order valence-corrected chi connectivity index (χ0v) is 13.4. The Bertz CT molecular complexity index is 564. The maximum absolute atomic E-state index is 5.32. The van der Waals surface area contributed by atoms with Gasteiger partial charge in [0.2, 0.25) is 0 Å². The molecule has 2 aromatic carbocycles. The van der Waals surface area contributed by atoms with E-state index in [0.717, 1.165) is 18.7 Å². The number of hydrogen-bond donors (Lipinski definition) is 2. The highest BCUT2D eigenvalue weighted by Gasteiger charge is 2.03. The smallest absolute Gasteiger partial charge is 0.171 e. The Balaban J connectivity index is 1.85. The summed E-state index contributed by atoms with van der Waals surface area (Å²) >= 11 is 5.32. The Labute approximate surface area is 132 Å². The monoisotopic (exact) mass is 298 g/mol. The van der Waals surface area contributed by atoms with Crippen molar-refractivity contribution in [1.82, 2.24) is 5.32 Å². The van der Waals surface area contributed by atoms with E-state index >= 15 is 0 Å². The molecule has 0 fully saturated rings. The molecular weight excluding hydrogens is 276 g/mol. The highest BCUT2D eigenvalue weighted by atomic mass is 32.1. The lowest BCUT2D eigenvalue weighted by Gasteiger charge is -2.13. The van der Waals surface area contributed by atoms with Crippen LogP contribution in [0.25, 0.3) is 0 Å². The number of nitrogens with one attached hydrogen (secondary N) is 2. The maximum atomic E-state index is 5.32. The zero-order chi connectivity index (χ0) is 15.1. The van der Waals surface area contributed by atoms with Gasteiger partial charge in [-0.1, -0.05) is 56.3 Å². The summed E-state index contributed by atoms with van der Waals surface area (Å²) < 4.78 is 0. The highest BCUT2D eigenvalue weighted by Crippen LogP contribution is 2.20. The molecule has 0 aliphatic heterocycles. The third kappa shape index (κ3) is 4.87. The molecule has 3 heteroatoms. The maximum Gasteiger partial charge on any atom is 0.171 e. The second kappa shape index (κ2) is 7.79. The summed E-state index contributed by atoms with van der Waals surface area (Å²) in [6.07, 6.45) is 1.16. The van der Waals surface area contributed by atoms with Crippen molar-refractivity contribution in [3.8, 4) is 0 Å². The van der Waals surface area contributed by atoms with Gasteiger partial charge < -0.3 is 10.6 Å². The summed E-state index contributed by atoms with van der Waals surface area (Å²) in [4.78, 5) is 0. The third-order valence-electron chi connectivity index (χ3n) is 3.65. The standard InChI is InChI=1S/C18H22N2S/c1-3-14(2)16-9-11-17(12-10-16)20-18(21)19-13-15-7-5-4-6-8-15/h4-12,14H,3,13H2,1-2H3,(H2,19,20,21)/t14-/m0/s1. The average molecular weight is 298 g/mol. The van der Waals surface area contributed by atoms with Crippen LogP contribution in [0.15, 0.2) is 54.6 Å². The van der Waals surface area contributed by atoms with Crippen LogP contribution in [0.4, 0.5) is 5.69 Å². The topological polar surface area (TPSA) is 24.1 Å². The van der Waals surface area contributed by atoms with Gasteiger partial charge in [0.15, 0.2) is 5.11 Å². The van der Waals surface area contributed by atoms with Crippen LogP contribution >= 0.6 is 12.2 Å². The van der Waals surface area contributed by atoms with E-state index < -0.39 is 0 Å². The molecule has 0 unspecified atom stereocenters. The van der Waals surface area contributed by atoms with Gasteiger partial charge in [-0.15, -0.1) is 0 Å². The molecule has 0 aliphatic carbocycles. The van der Waals surface area contributed by atoms with Crippen molar-refractivity contribution in [2.45, 2.75) is 32.7 Å². The first kappa shape index (κ1) is 15.5. The van der Waals surface area contributed by atoms with Crippen LogP contribution in [0, 0.1) is 0 Å². The van der Waals surface area contributed by atoms with Gasteiger partial charge in [-0.25, -0.2) is 0 Å². The van der Waals surface area contributed by atoms with Crippen molar-refractivity contribution < 1.29 is 0 Å². The summed E-state index contributed by atoms with van der Waals surface area (Å²) in [5, 5.41) is 7.08. The molecule has 2 aromatic rings. The van der Waals surface area contributed by atoms with Gasteiger partial charge >= 0.3 is 0 Å². The molecule has 0 amide bonds. The molecule has 0 saturated carbocycles. The first-order chi connectivity index (χ1) is 10.2. The number of rotatable bonds is 5. The van der Waals surface area contributed by atoms with E-state index in [4.69, 9.17) is 12.2 Å². The quantitative estimate of drug-likeness (QED) is 0.783. The van der Waals surface area contributed by atoms with E-state index in [2.05, 4.69) is 60.9 Å². The Hall–Kier alpha value is -1.87. The van der Waals surface area contributed by atoms with Gasteiger partial charge in [0.25, 0.3) is 0 Å². The number of benzene rings is 2. The molecule has 0 bridgehead atoms. The average Bonchev–Trinajstić information content (AvgIpc) is 2.54. The minimum absolute atomic E-state index is 0.599. The van der Waals surface area contributed by atoms with Crippen LogP contribution < -0.4 is 10.6 Å². The fourth-order valence-corrected chi connectivity index (χ4v) is 2.27. The van der Waals surface area contributed by atoms with E-state index in [0.29, 0.717) is 11.0 Å². The molecule has 2 rings (SSSR count). The molecule has 0 radical (unpaired) electrons. The van der Waals surface area contributed by atoms with Crippen LogP contribution in [0.3, 0.4) is 0 Å². The molecule has 2 nitrogen and oxygen atoms in total. The van der Waals surface area contributed by atoms with Crippen molar-refractivity contribution in [1.29, 1.82) is 0 Å². The normalized spacial score (nSPS) is 11.7. The minimum atomic E-state index is 0.599. The largest absolute Gasteiger partial charge is 0.358 e. The Morgan fingerprint density at radius 2 is 1.71 bits per heavy atom. The highest BCUT2D eigenvalue weighted by molar-refractivity contribution is 7.80. The molecule has 0 spiro atoms. The predicted octanol–water partition coefficient (Wildman–Crippen LogP) is 4.69. The molecule has 2 N–H and O–H groups in total. The molecular formula is C18H22N2S. The first-order valence-electron chi connectivity index (χ1n) is 7.37. The van der Waals surface area contributed by atoms with Gasteiger partial charge in [0.05, 0.1) is 0 Å². The van der Waals surface area contributed by atoms with E-state index in [1.54, 1.807) is 0 Å². The van der Waals surface area contributed by atoms with Crippen LogP contribution in [0.2, 0.25) is 0 Å². The second-order valence-corrected chi connectivity index (χ2v) is 5.63. The summed E-state index contributed by atoms with van der Waals surface area (Å²) in [6.45, 7) is 5.19. The number of thiocarbonyl (C=S) groups is 1. The Morgan fingerprint density at radius 3 is 2.33 bits per heavy atom. The van der Waals surface area contributed by atoms with Crippen molar-refractivity contribution in [3.05, 3.63) is 65.7 Å². The van der Waals surface area contributed by atoms with Crippen LogP contribution in [-0.2, 0) is 6.54 Å². The van der Waals surface area contributed by atoms with Crippen molar-refractivity contribution >= 4 is 23.0 Å². The van der Waals surface area contributed by atoms with E-state index in [1.165, 1.54) is 11.1 Å². The third-order valence-corrected chi connectivity index (χ3v) is 3.89. The Kier molecular flexibility index (Phi) is 5.76. The van der Waals surface area contributed by atoms with E-state index in [9.17, 15) is 0 Å². The van der Waals surface area contributed by atoms with Gasteiger partial charge in [-0.05, 0) is 47.8 Å². The van der Waals surface area contributed by atoms with Gasteiger partial charge in [0, 0.05) is 12.2 Å². The lowest BCUT2D eigenvalue weighted by molar-refractivity contribution is 0.734. The summed E-state index contributed by atoms with van der Waals surface area (Å²) in [5.74, 6) is 0.599. The SMILES string of the molecule is CC[C@H](C)c1ccc(NC(=S)NCc2ccccc2)cc1. The van der Waals surface area contributed by atoms with Crippen molar-refractivity contribution in [2.75, 3.05) is 5.32 Å². The molecule has 0 heterocycles. The van der Waals surface area contributed by atoms with Crippen LogP contribution in [-0.4, -0.2) is 5.11 Å². The number of hydrogen-bond acceptors (Lipinski definition) is 1. The van der Waals surface area contributed by atoms with Gasteiger partial charge in [-0.3, -0.25) is 0 Å². The van der Waals surface area contributed by atoms with Crippen molar-refractivity contribution in [3.63, 3.8) is 0 Å². The minimum Gasteiger partial charge on any atom is -0.358 e. The predicted molar refractivity (Wildman–Crippen MR) is 94.7 cm³/mol. The van der Waals surface area contributed by atoms with Crippen LogP contribution in [0.1, 0.15) is 37.3 Å². The molecule has 0 aliphatic rings. The molecule has 110 valence electrons. The van der Waals surface area contributed by atoms with Gasteiger partial charge in [-0.2, -0.15) is 0 Å². The molecule has 0 saturated heterocycles. The zero-order valence-electron chi connectivity index (χ0n) is 12.6. The van der Waals surface area contributed by atoms with Crippen LogP contribution in [0.5, 0.6) is 0 Å². The summed E-state index contributed by atoms with van der Waals surface area (Å²) in [6, 6.07) is 18.7. The fraction of sp³-hybridized carbons (Fsp3) is 0.278. The second-order valence-electron chi connectivity index (χ2n) is 5.22. The van der Waals surface area contributed by atoms with E-state index in [-0.39, 0.29) is 0 Å². The number of anilines is 1. The van der Waals surface area contributed by atoms with Gasteiger partial charge in [0.1, 0.15) is 0 Å². The fourth-order valence-electron chi connectivity index (χ4n) is 2.08. The van der Waals surface area contributed by atoms with E-state index in [1.807, 2.05) is 18.2 Å². The first-order valence-corrected chi connectivity index (χ1v) is 7.78. The molecule has 0 aromatic heterocycles. The Morgan fingerprint density at radius 1 is 1.05 bits per heavy atom. The lowest BCUT2D eigenvalue weighted by atomic mass is 9.99. The summed E-state index contributed by atoms with van der Waals surface area (Å²) in [5.41, 5.74) is 3.60. The summed E-state index contributed by atoms with van der Waals surface area (Å²) in [7, 11) is 0. The molecule has 21 heavy (non-hydrogen) atoms. The lowest BCUT2D eigenvalue weighted by Crippen LogP contribution is -2.27.